The van der Waals surface area contributed by atoms with Crippen LogP contribution in [0.5, 0.6) is 5.75 Å². The molecule has 0 heterocycles. The SMILES string of the molecule is CCN(Cc1cccc(F)c1)C(=O)c1cc(Cl)ccc1OC. The van der Waals surface area contributed by atoms with Gasteiger partial charge in [-0.15, -0.1) is 0 Å². The normalized spacial score (nSPS) is 10.4. The third-order valence-electron chi connectivity index (χ3n) is 3.32. The van der Waals surface area contributed by atoms with E-state index in [2.05, 4.69) is 0 Å². The molecule has 116 valence electrons. The first-order valence-corrected chi connectivity index (χ1v) is 7.30. The van der Waals surface area contributed by atoms with Crippen LogP contribution in [0.2, 0.25) is 5.02 Å². The van der Waals surface area contributed by atoms with Gasteiger partial charge in [0.25, 0.3) is 5.91 Å². The van der Waals surface area contributed by atoms with Gasteiger partial charge >= 0.3 is 0 Å². The highest BCUT2D eigenvalue weighted by Gasteiger charge is 2.19. The van der Waals surface area contributed by atoms with Crippen molar-refractivity contribution in [2.45, 2.75) is 13.5 Å². The minimum absolute atomic E-state index is 0.203. The predicted molar refractivity (Wildman–Crippen MR) is 84.8 cm³/mol. The number of halogens is 2. The third kappa shape index (κ3) is 3.77. The molecule has 1 amide bonds. The Morgan fingerprint density at radius 3 is 2.68 bits per heavy atom. The summed E-state index contributed by atoms with van der Waals surface area (Å²) in [7, 11) is 1.50. The summed E-state index contributed by atoms with van der Waals surface area (Å²) in [6.07, 6.45) is 0. The molecule has 0 saturated heterocycles. The summed E-state index contributed by atoms with van der Waals surface area (Å²) in [5, 5.41) is 0.464. The summed E-state index contributed by atoms with van der Waals surface area (Å²) in [6.45, 7) is 2.68. The van der Waals surface area contributed by atoms with Crippen molar-refractivity contribution in [3.8, 4) is 5.75 Å². The Morgan fingerprint density at radius 2 is 2.05 bits per heavy atom. The summed E-state index contributed by atoms with van der Waals surface area (Å²) in [4.78, 5) is 14.3. The average Bonchev–Trinajstić information content (AvgIpc) is 2.52. The van der Waals surface area contributed by atoms with Crippen LogP contribution in [0, 0.1) is 5.82 Å². The first-order valence-electron chi connectivity index (χ1n) is 6.92. The Bertz CT molecular complexity index is 675. The van der Waals surface area contributed by atoms with E-state index in [-0.39, 0.29) is 11.7 Å². The van der Waals surface area contributed by atoms with E-state index in [1.165, 1.54) is 19.2 Å². The van der Waals surface area contributed by atoms with E-state index in [0.29, 0.717) is 29.4 Å². The second kappa shape index (κ2) is 7.27. The molecule has 0 spiro atoms. The van der Waals surface area contributed by atoms with Gasteiger partial charge < -0.3 is 9.64 Å². The van der Waals surface area contributed by atoms with Crippen molar-refractivity contribution in [3.63, 3.8) is 0 Å². The topological polar surface area (TPSA) is 29.5 Å². The van der Waals surface area contributed by atoms with Gasteiger partial charge in [0.1, 0.15) is 11.6 Å². The van der Waals surface area contributed by atoms with Crippen LogP contribution in [0.3, 0.4) is 0 Å². The van der Waals surface area contributed by atoms with E-state index >= 15 is 0 Å². The first kappa shape index (κ1) is 16.3. The van der Waals surface area contributed by atoms with Gasteiger partial charge in [-0.25, -0.2) is 4.39 Å². The van der Waals surface area contributed by atoms with Gasteiger partial charge in [-0.2, -0.15) is 0 Å². The number of nitrogens with zero attached hydrogens (tertiary/aromatic N) is 1. The third-order valence-corrected chi connectivity index (χ3v) is 3.56. The largest absolute Gasteiger partial charge is 0.496 e. The van der Waals surface area contributed by atoms with Gasteiger partial charge in [-0.1, -0.05) is 23.7 Å². The molecule has 0 radical (unpaired) electrons. The minimum atomic E-state index is -0.318. The molecule has 22 heavy (non-hydrogen) atoms. The van der Waals surface area contributed by atoms with Crippen LogP contribution >= 0.6 is 11.6 Å². The van der Waals surface area contributed by atoms with Gasteiger partial charge in [-0.3, -0.25) is 4.79 Å². The van der Waals surface area contributed by atoms with Crippen molar-refractivity contribution in [1.29, 1.82) is 0 Å². The fraction of sp³-hybridized carbons (Fsp3) is 0.235. The molecule has 0 N–H and O–H groups in total. The molecule has 5 heteroatoms. The Morgan fingerprint density at radius 1 is 1.27 bits per heavy atom. The monoisotopic (exact) mass is 321 g/mol. The van der Waals surface area contributed by atoms with Crippen LogP contribution < -0.4 is 4.74 Å². The van der Waals surface area contributed by atoms with Gasteiger partial charge in [0.05, 0.1) is 12.7 Å². The second-order valence-electron chi connectivity index (χ2n) is 4.79. The zero-order valence-corrected chi connectivity index (χ0v) is 13.2. The number of carbonyl (C=O) groups excluding carboxylic acids is 1. The van der Waals surface area contributed by atoms with Crippen molar-refractivity contribution in [2.75, 3.05) is 13.7 Å². The second-order valence-corrected chi connectivity index (χ2v) is 5.23. The van der Waals surface area contributed by atoms with Gasteiger partial charge in [0.15, 0.2) is 0 Å². The predicted octanol–water partition coefficient (Wildman–Crippen LogP) is 4.15. The smallest absolute Gasteiger partial charge is 0.257 e. The molecule has 0 bridgehead atoms. The lowest BCUT2D eigenvalue weighted by Crippen LogP contribution is -2.30. The van der Waals surface area contributed by atoms with E-state index in [1.54, 1.807) is 35.2 Å². The fourth-order valence-electron chi connectivity index (χ4n) is 2.20. The van der Waals surface area contributed by atoms with E-state index < -0.39 is 0 Å². The summed E-state index contributed by atoms with van der Waals surface area (Å²) < 4.78 is 18.5. The Hall–Kier alpha value is -2.07. The minimum Gasteiger partial charge on any atom is -0.496 e. The number of hydrogen-bond donors (Lipinski definition) is 0. The number of carbonyl (C=O) groups is 1. The molecule has 3 nitrogen and oxygen atoms in total. The maximum Gasteiger partial charge on any atom is 0.257 e. The highest BCUT2D eigenvalue weighted by Crippen LogP contribution is 2.24. The van der Waals surface area contributed by atoms with Gasteiger partial charge in [0, 0.05) is 18.1 Å². The lowest BCUT2D eigenvalue weighted by Gasteiger charge is -2.22. The number of ether oxygens (including phenoxy) is 1. The lowest BCUT2D eigenvalue weighted by atomic mass is 10.1. The molecule has 0 saturated carbocycles. The number of hydrogen-bond acceptors (Lipinski definition) is 2. The van der Waals surface area contributed by atoms with Crippen LogP contribution in [0.4, 0.5) is 4.39 Å². The molecule has 0 aliphatic carbocycles. The zero-order valence-electron chi connectivity index (χ0n) is 12.5. The Balaban J connectivity index is 2.27. The summed E-state index contributed by atoms with van der Waals surface area (Å²) in [5.41, 5.74) is 1.13. The molecular formula is C17H17ClFNO2. The van der Waals surface area contributed by atoms with Crippen LogP contribution in [0.25, 0.3) is 0 Å². The highest BCUT2D eigenvalue weighted by atomic mass is 35.5. The molecule has 2 aromatic rings. The molecule has 2 aromatic carbocycles. The summed E-state index contributed by atoms with van der Waals surface area (Å²) >= 11 is 5.97. The van der Waals surface area contributed by atoms with Crippen LogP contribution in [0.15, 0.2) is 42.5 Å². The zero-order chi connectivity index (χ0) is 16.1. The number of methoxy groups -OCH3 is 1. The van der Waals surface area contributed by atoms with Crippen LogP contribution in [-0.4, -0.2) is 24.5 Å². The van der Waals surface area contributed by atoms with Crippen LogP contribution in [0.1, 0.15) is 22.8 Å². The van der Waals surface area contributed by atoms with Crippen LogP contribution in [-0.2, 0) is 6.54 Å². The molecular weight excluding hydrogens is 305 g/mol. The van der Waals surface area contributed by atoms with Crippen molar-refractivity contribution < 1.29 is 13.9 Å². The van der Waals surface area contributed by atoms with E-state index in [4.69, 9.17) is 16.3 Å². The number of amides is 1. The lowest BCUT2D eigenvalue weighted by molar-refractivity contribution is 0.0749. The molecule has 0 unspecified atom stereocenters. The maximum absolute atomic E-state index is 13.3. The molecule has 0 aliphatic heterocycles. The highest BCUT2D eigenvalue weighted by molar-refractivity contribution is 6.31. The number of rotatable bonds is 5. The quantitative estimate of drug-likeness (QED) is 0.828. The van der Waals surface area contributed by atoms with Gasteiger partial charge in [-0.05, 0) is 42.8 Å². The molecule has 0 aliphatic rings. The van der Waals surface area contributed by atoms with Crippen molar-refractivity contribution in [1.82, 2.24) is 4.90 Å². The van der Waals surface area contributed by atoms with Crippen molar-refractivity contribution in [2.24, 2.45) is 0 Å². The van der Waals surface area contributed by atoms with E-state index in [0.717, 1.165) is 5.56 Å². The molecule has 0 aromatic heterocycles. The average molecular weight is 322 g/mol. The number of benzene rings is 2. The summed E-state index contributed by atoms with van der Waals surface area (Å²) in [6, 6.07) is 11.1. The molecule has 2 rings (SSSR count). The Kier molecular flexibility index (Phi) is 5.39. The summed E-state index contributed by atoms with van der Waals surface area (Å²) in [5.74, 6) is -0.0560. The Labute approximate surface area is 134 Å². The fourth-order valence-corrected chi connectivity index (χ4v) is 2.37. The van der Waals surface area contributed by atoms with Crippen molar-refractivity contribution >= 4 is 17.5 Å². The molecule has 0 atom stereocenters. The molecule has 0 fully saturated rings. The van der Waals surface area contributed by atoms with Crippen molar-refractivity contribution in [3.05, 3.63) is 64.4 Å². The first-order chi connectivity index (χ1) is 10.5. The van der Waals surface area contributed by atoms with Gasteiger partial charge in [0.2, 0.25) is 0 Å². The standard InChI is InChI=1S/C17H17ClFNO2/c1-3-20(11-12-5-4-6-14(19)9-12)17(21)15-10-13(18)7-8-16(15)22-2/h4-10H,3,11H2,1-2H3. The maximum atomic E-state index is 13.3. The van der Waals surface area contributed by atoms with E-state index in [9.17, 15) is 9.18 Å². The van der Waals surface area contributed by atoms with E-state index in [1.807, 2.05) is 6.92 Å².